The van der Waals surface area contributed by atoms with Crippen molar-refractivity contribution in [2.45, 2.75) is 229 Å². The Balaban J connectivity index is 1.06. The van der Waals surface area contributed by atoms with Gasteiger partial charge in [0.1, 0.15) is 67.1 Å². The van der Waals surface area contributed by atoms with Crippen molar-refractivity contribution in [3.63, 3.8) is 0 Å². The Bertz CT molecular complexity index is 1730. The highest BCUT2D eigenvalue weighted by Gasteiger charge is 2.70. The molecule has 0 bridgehead atoms. The van der Waals surface area contributed by atoms with E-state index >= 15 is 0 Å². The van der Waals surface area contributed by atoms with Crippen molar-refractivity contribution < 1.29 is 94.8 Å². The Morgan fingerprint density at radius 3 is 1.82 bits per heavy atom. The molecule has 68 heavy (non-hydrogen) atoms. The summed E-state index contributed by atoms with van der Waals surface area (Å²) in [6, 6.07) is 0. The molecular weight excluding hydrogens is 893 g/mol. The monoisotopic (exact) mass is 977 g/mol. The molecule has 0 radical (unpaired) electrons. The Labute approximate surface area is 400 Å². The predicted octanol–water partition coefficient (Wildman–Crippen LogP) is -0.666. The van der Waals surface area contributed by atoms with Gasteiger partial charge in [-0.05, 0) is 106 Å². The van der Waals surface area contributed by atoms with E-state index in [1.807, 2.05) is 0 Å². The highest BCUT2D eigenvalue weighted by molar-refractivity contribution is 5.32. The molecule has 0 amide bonds. The van der Waals surface area contributed by atoms with Crippen LogP contribution < -0.4 is 0 Å². The third-order valence-corrected chi connectivity index (χ3v) is 18.9. The molecule has 19 nitrogen and oxygen atoms in total. The maximum absolute atomic E-state index is 12.6. The molecular formula is C49H84O19. The van der Waals surface area contributed by atoms with E-state index in [9.17, 15) is 66.4 Å². The number of rotatable bonds is 15. The first kappa shape index (κ1) is 54.7. The van der Waals surface area contributed by atoms with Gasteiger partial charge in [0.05, 0.1) is 43.2 Å². The van der Waals surface area contributed by atoms with Crippen molar-refractivity contribution >= 4 is 0 Å². The number of fused-ring (bicyclic) bond motifs is 5. The van der Waals surface area contributed by atoms with E-state index in [2.05, 4.69) is 47.6 Å². The fourth-order valence-electron chi connectivity index (χ4n) is 14.5. The van der Waals surface area contributed by atoms with Gasteiger partial charge in [-0.25, -0.2) is 0 Å². The number of hydrogen-bond acceptors (Lipinski definition) is 19. The number of aliphatic hydroxyl groups excluding tert-OH is 12. The zero-order valence-electron chi connectivity index (χ0n) is 41.0. The van der Waals surface area contributed by atoms with Gasteiger partial charge in [0.15, 0.2) is 18.9 Å². The molecule has 19 heteroatoms. The van der Waals surface area contributed by atoms with Crippen LogP contribution in [-0.4, -0.2) is 202 Å². The summed E-state index contributed by atoms with van der Waals surface area (Å²) < 4.78 is 36.2. The standard InChI is InChI=1S/C49H84O19/c1-22(9-13-32(46(4,5)62)67-44-41(38(59)35(56)28(21-52)65-44)68-43-40(61)37(58)34(55)27(20-51)64-43)23-15-17-47(6)29-12-10-24-25(49(29,8)30(53)19-48(23,47)7)11-14-31(45(24,2)3)66-42-39(60)36(57)33(54)26(63-42)16-18-50/h10,22-23,25-44,50-62H,9,11-21H2,1-8H3/t22-,23?,25?,26-,27+,28-,29?,30-,31+,32-,33-,34+,35-,36+,37-,38+,39-,40+,41-,42+,43-,44+,47+,48-,49+/m1/s1. The molecule has 3 saturated heterocycles. The molecule has 25 atom stereocenters. The average Bonchev–Trinajstić information content (AvgIpc) is 3.55. The zero-order chi connectivity index (χ0) is 50.2. The van der Waals surface area contributed by atoms with E-state index in [4.69, 9.17) is 28.4 Å². The lowest BCUT2D eigenvalue weighted by Crippen LogP contribution is -2.65. The lowest BCUT2D eigenvalue weighted by Gasteiger charge is -2.67. The molecule has 3 saturated carbocycles. The minimum absolute atomic E-state index is 0.0565. The van der Waals surface area contributed by atoms with Crippen LogP contribution in [0.5, 0.6) is 0 Å². The molecule has 0 aromatic rings. The first-order valence-electron chi connectivity index (χ1n) is 25.0. The number of allylic oxidation sites excluding steroid dienone is 1. The molecule has 3 unspecified atom stereocenters. The van der Waals surface area contributed by atoms with E-state index in [1.54, 1.807) is 13.8 Å². The largest absolute Gasteiger partial charge is 0.396 e. The van der Waals surface area contributed by atoms with Crippen LogP contribution in [-0.2, 0) is 28.4 Å². The Hall–Kier alpha value is -1.02. The molecule has 0 aromatic heterocycles. The van der Waals surface area contributed by atoms with Crippen LogP contribution in [0.4, 0.5) is 0 Å². The number of ether oxygens (including phenoxy) is 6. The van der Waals surface area contributed by atoms with E-state index in [0.29, 0.717) is 25.7 Å². The molecule has 3 aliphatic heterocycles. The highest BCUT2D eigenvalue weighted by atomic mass is 16.8. The van der Waals surface area contributed by atoms with Gasteiger partial charge < -0.3 is 94.8 Å². The Kier molecular flexibility index (Phi) is 16.4. The summed E-state index contributed by atoms with van der Waals surface area (Å²) in [6.45, 7) is 14.9. The van der Waals surface area contributed by atoms with Crippen LogP contribution in [0.3, 0.4) is 0 Å². The normalized spacial score (nSPS) is 50.4. The second kappa shape index (κ2) is 20.4. The van der Waals surface area contributed by atoms with Gasteiger partial charge in [0, 0.05) is 17.4 Å². The maximum atomic E-state index is 12.6. The zero-order valence-corrected chi connectivity index (χ0v) is 41.0. The third kappa shape index (κ3) is 9.32. The smallest absolute Gasteiger partial charge is 0.187 e. The van der Waals surface area contributed by atoms with Crippen LogP contribution in [0.25, 0.3) is 0 Å². The van der Waals surface area contributed by atoms with Crippen molar-refractivity contribution in [1.82, 2.24) is 0 Å². The van der Waals surface area contributed by atoms with Crippen molar-refractivity contribution in [2.75, 3.05) is 19.8 Å². The molecule has 0 aromatic carbocycles. The van der Waals surface area contributed by atoms with Crippen LogP contribution in [0.2, 0.25) is 0 Å². The van der Waals surface area contributed by atoms with Gasteiger partial charge in [0.2, 0.25) is 0 Å². The van der Waals surface area contributed by atoms with Gasteiger partial charge in [-0.3, -0.25) is 0 Å². The predicted molar refractivity (Wildman–Crippen MR) is 240 cm³/mol. The van der Waals surface area contributed by atoms with Gasteiger partial charge >= 0.3 is 0 Å². The maximum Gasteiger partial charge on any atom is 0.187 e. The molecule has 7 aliphatic rings. The fourth-order valence-corrected chi connectivity index (χ4v) is 14.5. The second-order valence-corrected chi connectivity index (χ2v) is 23.4. The number of aliphatic hydroxyl groups is 13. The van der Waals surface area contributed by atoms with E-state index in [0.717, 1.165) is 25.7 Å². The second-order valence-electron chi connectivity index (χ2n) is 23.4. The summed E-state index contributed by atoms with van der Waals surface area (Å²) in [5.74, 6) is 0.489. The number of hydrogen-bond donors (Lipinski definition) is 13. The lowest BCUT2D eigenvalue weighted by molar-refractivity contribution is -0.375. The van der Waals surface area contributed by atoms with Gasteiger partial charge in [-0.1, -0.05) is 53.2 Å². The van der Waals surface area contributed by atoms with Crippen molar-refractivity contribution in [3.8, 4) is 0 Å². The summed E-state index contributed by atoms with van der Waals surface area (Å²) in [5, 5.41) is 139. The van der Waals surface area contributed by atoms with Crippen LogP contribution in [0, 0.1) is 45.3 Å². The summed E-state index contributed by atoms with van der Waals surface area (Å²) in [7, 11) is 0. The Morgan fingerprint density at radius 1 is 0.676 bits per heavy atom. The van der Waals surface area contributed by atoms with Gasteiger partial charge in [0.25, 0.3) is 0 Å². The molecule has 394 valence electrons. The van der Waals surface area contributed by atoms with Gasteiger partial charge in [-0.2, -0.15) is 0 Å². The highest BCUT2D eigenvalue weighted by Crippen LogP contribution is 2.75. The van der Waals surface area contributed by atoms with E-state index in [-0.39, 0.29) is 47.5 Å². The lowest BCUT2D eigenvalue weighted by atomic mass is 9.38. The fraction of sp³-hybridized carbons (Fsp3) is 0.959. The molecule has 3 heterocycles. The van der Waals surface area contributed by atoms with Crippen LogP contribution >= 0.6 is 0 Å². The molecule has 7 rings (SSSR count). The SMILES string of the molecule is C[C@H](CC[C@@H](O[C@@H]1O[C@H](CO)[C@@H](O)[C@H](O)[C@H]1O[C@H]1O[C@@H](CO)[C@H](O)[C@@H](O)[C@@H]1O)C(C)(C)O)C1CC[C@@]2(C)C3CC=C4C(CC[C@H](O[C@@H]5O[C@H](CCO)[C@@H](O)[C@H](O)[C@H]5O)C4(C)C)[C@]3(C)[C@H](O)C[C@]12C. The summed E-state index contributed by atoms with van der Waals surface area (Å²) >= 11 is 0. The van der Waals surface area contributed by atoms with E-state index in [1.165, 1.54) is 5.57 Å². The summed E-state index contributed by atoms with van der Waals surface area (Å²) in [6.07, 6.45) is -16.7. The quantitative estimate of drug-likeness (QED) is 0.0906. The van der Waals surface area contributed by atoms with Crippen molar-refractivity contribution in [3.05, 3.63) is 11.6 Å². The van der Waals surface area contributed by atoms with Crippen molar-refractivity contribution in [2.24, 2.45) is 45.3 Å². The molecule has 4 aliphatic carbocycles. The Morgan fingerprint density at radius 2 is 1.24 bits per heavy atom. The van der Waals surface area contributed by atoms with E-state index < -0.39 is 140 Å². The minimum Gasteiger partial charge on any atom is -0.396 e. The summed E-state index contributed by atoms with van der Waals surface area (Å²) in [4.78, 5) is 0. The van der Waals surface area contributed by atoms with Gasteiger partial charge in [-0.15, -0.1) is 0 Å². The van der Waals surface area contributed by atoms with Crippen LogP contribution in [0.1, 0.15) is 113 Å². The summed E-state index contributed by atoms with van der Waals surface area (Å²) in [5.41, 5.74) is -1.67. The first-order valence-corrected chi connectivity index (χ1v) is 25.0. The topological polar surface area (TPSA) is 318 Å². The molecule has 13 N–H and O–H groups in total. The molecule has 0 spiro atoms. The molecule has 6 fully saturated rings. The minimum atomic E-state index is -1.83. The van der Waals surface area contributed by atoms with Crippen molar-refractivity contribution in [1.29, 1.82) is 0 Å². The third-order valence-electron chi connectivity index (χ3n) is 18.9. The average molecular weight is 977 g/mol. The van der Waals surface area contributed by atoms with Crippen LogP contribution in [0.15, 0.2) is 11.6 Å². The first-order chi connectivity index (χ1) is 31.7.